The number of phenolic OH excluding ortho intramolecular Hbond substituents is 1. The molecule has 0 bridgehead atoms. The van der Waals surface area contributed by atoms with Gasteiger partial charge in [-0.25, -0.2) is 0 Å². The highest BCUT2D eigenvalue weighted by Crippen LogP contribution is 2.62. The topological polar surface area (TPSA) is 121 Å². The number of hydrogen-bond donors (Lipinski definition) is 3. The van der Waals surface area contributed by atoms with Crippen molar-refractivity contribution in [2.75, 3.05) is 33.5 Å². The first-order valence-corrected chi connectivity index (χ1v) is 16.5. The predicted molar refractivity (Wildman–Crippen MR) is 168 cm³/mol. The van der Waals surface area contributed by atoms with E-state index in [1.807, 2.05) is 17.0 Å². The van der Waals surface area contributed by atoms with Crippen molar-refractivity contribution < 1.29 is 34.4 Å². The van der Waals surface area contributed by atoms with E-state index in [0.29, 0.717) is 25.1 Å². The van der Waals surface area contributed by atoms with Crippen LogP contribution >= 0.6 is 0 Å². The van der Waals surface area contributed by atoms with E-state index < -0.39 is 11.8 Å². The van der Waals surface area contributed by atoms with Crippen molar-refractivity contribution in [1.82, 2.24) is 4.90 Å². The summed E-state index contributed by atoms with van der Waals surface area (Å²) in [5.41, 5.74) is 2.73. The van der Waals surface area contributed by atoms with Gasteiger partial charge in [-0.15, -0.1) is 6.58 Å². The lowest BCUT2D eigenvalue weighted by molar-refractivity contribution is -0.257. The Labute approximate surface area is 261 Å². The Balaban J connectivity index is 1.74. The van der Waals surface area contributed by atoms with E-state index in [-0.39, 0.29) is 61.1 Å². The van der Waals surface area contributed by atoms with Crippen LogP contribution in [0.2, 0.25) is 0 Å². The van der Waals surface area contributed by atoms with E-state index in [9.17, 15) is 20.1 Å². The SMILES string of the molecule is C=CCO[C@@]12Oc3ccc(O)cc3[C@H]3[C@H](CCCCO)[C@@H](CCCCO)C=C(C(=NOC)C[C@@H]1N(CCC)C(=O)C1CC1)[C@H]32. The maximum atomic E-state index is 14.0. The van der Waals surface area contributed by atoms with E-state index >= 15 is 0 Å². The summed E-state index contributed by atoms with van der Waals surface area (Å²) < 4.78 is 13.9. The Bertz CT molecular complexity index is 1230. The first-order valence-electron chi connectivity index (χ1n) is 16.5. The van der Waals surface area contributed by atoms with Gasteiger partial charge in [0, 0.05) is 43.6 Å². The van der Waals surface area contributed by atoms with Crippen LogP contribution in [0.4, 0.5) is 0 Å². The number of aliphatic hydroxyl groups excluding tert-OH is 2. The van der Waals surface area contributed by atoms with Gasteiger partial charge < -0.3 is 34.5 Å². The number of aromatic hydroxyl groups is 1. The molecule has 1 aromatic rings. The molecule has 9 nitrogen and oxygen atoms in total. The van der Waals surface area contributed by atoms with Crippen molar-refractivity contribution in [3.8, 4) is 11.5 Å². The number of unbranched alkanes of at least 4 members (excludes halogenated alkanes) is 2. The molecule has 5 rings (SSSR count). The molecule has 2 fully saturated rings. The van der Waals surface area contributed by atoms with Crippen LogP contribution in [-0.4, -0.2) is 77.1 Å². The molecule has 6 atom stereocenters. The van der Waals surface area contributed by atoms with Gasteiger partial charge in [0.05, 0.1) is 18.2 Å². The number of fused-ring (bicyclic) bond motifs is 2. The van der Waals surface area contributed by atoms with Crippen LogP contribution in [0.5, 0.6) is 11.5 Å². The van der Waals surface area contributed by atoms with E-state index in [1.165, 1.54) is 0 Å². The number of carbonyl (C=O) groups excluding carboxylic acids is 1. The van der Waals surface area contributed by atoms with Gasteiger partial charge in [0.25, 0.3) is 0 Å². The molecule has 3 N–H and O–H groups in total. The average molecular weight is 611 g/mol. The molecule has 242 valence electrons. The summed E-state index contributed by atoms with van der Waals surface area (Å²) >= 11 is 0. The third kappa shape index (κ3) is 6.28. The zero-order chi connectivity index (χ0) is 31.3. The Morgan fingerprint density at radius 2 is 1.93 bits per heavy atom. The summed E-state index contributed by atoms with van der Waals surface area (Å²) in [6.07, 6.45) is 12.0. The lowest BCUT2D eigenvalue weighted by Gasteiger charge is -2.60. The van der Waals surface area contributed by atoms with Crippen molar-refractivity contribution in [2.24, 2.45) is 28.8 Å². The maximum Gasteiger partial charge on any atom is 0.239 e. The quantitative estimate of drug-likeness (QED) is 0.132. The summed E-state index contributed by atoms with van der Waals surface area (Å²) in [7, 11) is 1.55. The van der Waals surface area contributed by atoms with Gasteiger partial charge in [-0.05, 0) is 80.6 Å². The van der Waals surface area contributed by atoms with Gasteiger partial charge in [-0.2, -0.15) is 0 Å². The number of allylic oxidation sites excluding steroid dienone is 1. The first-order chi connectivity index (χ1) is 21.4. The zero-order valence-corrected chi connectivity index (χ0v) is 26.3. The number of aliphatic hydroxyl groups is 2. The van der Waals surface area contributed by atoms with Gasteiger partial charge >= 0.3 is 0 Å². The maximum absolute atomic E-state index is 14.0. The Kier molecular flexibility index (Phi) is 10.7. The Morgan fingerprint density at radius 1 is 1.18 bits per heavy atom. The molecule has 1 heterocycles. The molecular formula is C35H50N2O7. The number of benzene rings is 1. The van der Waals surface area contributed by atoms with Gasteiger partial charge in [-0.1, -0.05) is 37.1 Å². The summed E-state index contributed by atoms with van der Waals surface area (Å²) in [4.78, 5) is 21.4. The zero-order valence-electron chi connectivity index (χ0n) is 26.3. The van der Waals surface area contributed by atoms with Crippen molar-refractivity contribution in [2.45, 2.75) is 88.9 Å². The highest BCUT2D eigenvalue weighted by molar-refractivity contribution is 6.03. The number of amides is 1. The molecule has 9 heteroatoms. The van der Waals surface area contributed by atoms with Crippen LogP contribution in [0, 0.1) is 23.7 Å². The van der Waals surface area contributed by atoms with Gasteiger partial charge in [0.15, 0.2) is 0 Å². The molecule has 1 amide bonds. The fourth-order valence-electron chi connectivity index (χ4n) is 7.99. The number of rotatable bonds is 16. The third-order valence-electron chi connectivity index (χ3n) is 9.91. The van der Waals surface area contributed by atoms with Gasteiger partial charge in [0.2, 0.25) is 11.7 Å². The largest absolute Gasteiger partial charge is 0.508 e. The minimum atomic E-state index is -1.22. The molecule has 0 saturated heterocycles. The van der Waals surface area contributed by atoms with E-state index in [2.05, 4.69) is 24.7 Å². The molecule has 0 aromatic heterocycles. The molecule has 0 radical (unpaired) electrons. The number of phenols is 1. The third-order valence-corrected chi connectivity index (χ3v) is 9.91. The molecule has 1 aliphatic heterocycles. The highest BCUT2D eigenvalue weighted by Gasteiger charge is 2.65. The van der Waals surface area contributed by atoms with E-state index in [0.717, 1.165) is 68.2 Å². The fraction of sp³-hybridized carbons (Fsp3) is 0.657. The minimum Gasteiger partial charge on any atom is -0.508 e. The normalized spacial score (nSPS) is 29.7. The second-order valence-electron chi connectivity index (χ2n) is 12.8. The Morgan fingerprint density at radius 3 is 2.59 bits per heavy atom. The molecular weight excluding hydrogens is 560 g/mol. The summed E-state index contributed by atoms with van der Waals surface area (Å²) in [6.45, 7) is 7.13. The monoisotopic (exact) mass is 610 g/mol. The summed E-state index contributed by atoms with van der Waals surface area (Å²) in [5.74, 6) is -0.363. The molecule has 3 aliphatic carbocycles. The lowest BCUT2D eigenvalue weighted by atomic mass is 9.55. The molecule has 4 aliphatic rings. The second kappa shape index (κ2) is 14.5. The van der Waals surface area contributed by atoms with Crippen molar-refractivity contribution >= 4 is 11.6 Å². The van der Waals surface area contributed by atoms with Crippen LogP contribution in [0.1, 0.15) is 82.6 Å². The molecule has 1 aromatic carbocycles. The summed E-state index contributed by atoms with van der Waals surface area (Å²) in [6, 6.07) is 4.83. The lowest BCUT2D eigenvalue weighted by Crippen LogP contribution is -2.70. The number of nitrogens with zero attached hydrogens (tertiary/aromatic N) is 2. The number of hydrogen-bond acceptors (Lipinski definition) is 8. The van der Waals surface area contributed by atoms with E-state index in [4.69, 9.17) is 14.3 Å². The first kappa shape index (κ1) is 32.5. The Hall–Kier alpha value is -2.88. The average Bonchev–Trinajstić information content (AvgIpc) is 3.87. The molecule has 44 heavy (non-hydrogen) atoms. The van der Waals surface area contributed by atoms with Crippen LogP contribution in [-0.2, 0) is 14.4 Å². The van der Waals surface area contributed by atoms with Gasteiger partial charge in [0.1, 0.15) is 24.7 Å². The second-order valence-corrected chi connectivity index (χ2v) is 12.8. The number of oxime groups is 1. The van der Waals surface area contributed by atoms with Crippen molar-refractivity contribution in [1.29, 1.82) is 0 Å². The highest BCUT2D eigenvalue weighted by atomic mass is 16.7. The molecule has 0 unspecified atom stereocenters. The fourth-order valence-corrected chi connectivity index (χ4v) is 7.99. The minimum absolute atomic E-state index is 0.0230. The van der Waals surface area contributed by atoms with Gasteiger partial charge in [-0.3, -0.25) is 4.79 Å². The molecule has 0 spiro atoms. The predicted octanol–water partition coefficient (Wildman–Crippen LogP) is 5.30. The molecule has 2 saturated carbocycles. The number of ether oxygens (including phenoxy) is 2. The van der Waals surface area contributed by atoms with Crippen molar-refractivity contribution in [3.63, 3.8) is 0 Å². The number of carbonyl (C=O) groups is 1. The van der Waals surface area contributed by atoms with Crippen LogP contribution < -0.4 is 4.74 Å². The smallest absolute Gasteiger partial charge is 0.239 e. The summed E-state index contributed by atoms with van der Waals surface area (Å²) in [5, 5.41) is 34.6. The van der Waals surface area contributed by atoms with Crippen LogP contribution in [0.15, 0.2) is 47.7 Å². The standard InChI is InChI=1S/C35H50N2O7/c1-4-16-37(34(41)23-12-13-23)31-22-29(36-42-3)27-20-24(10-6-8-17-38)26(11-7-9-18-39)32-28-21-25(40)14-15-30(28)44-35(31,33(27)32)43-19-5-2/h5,14-15,20-21,23-24,26,31-33,38-40H,2,4,6-13,16-19,22H2,1,3H3/t24-,26+,31-,32+,33+,35+/m0/s1. The van der Waals surface area contributed by atoms with Crippen LogP contribution in [0.25, 0.3) is 0 Å². The van der Waals surface area contributed by atoms with E-state index in [1.54, 1.807) is 19.3 Å². The van der Waals surface area contributed by atoms with Crippen molar-refractivity contribution in [3.05, 3.63) is 48.1 Å². The van der Waals surface area contributed by atoms with Crippen LogP contribution in [0.3, 0.4) is 0 Å².